The number of nitrogens with zero attached hydrogens (tertiary/aromatic N) is 3. The molecule has 2 rings (SSSR count). The van der Waals surface area contributed by atoms with Crippen molar-refractivity contribution in [3.63, 3.8) is 0 Å². The minimum Gasteiger partial charge on any atom is -0.341 e. The van der Waals surface area contributed by atoms with Crippen molar-refractivity contribution in [1.29, 1.82) is 0 Å². The molecule has 0 atom stereocenters. The Morgan fingerprint density at radius 2 is 1.94 bits per heavy atom. The lowest BCUT2D eigenvalue weighted by atomic mass is 10.1. The molecule has 1 aliphatic heterocycles. The van der Waals surface area contributed by atoms with E-state index in [9.17, 15) is 0 Å². The van der Waals surface area contributed by atoms with Gasteiger partial charge in [-0.1, -0.05) is 6.92 Å². The summed E-state index contributed by atoms with van der Waals surface area (Å²) in [4.78, 5) is 3.78. The molecule has 0 spiro atoms. The first-order valence-corrected chi connectivity index (χ1v) is 6.42. The molecule has 1 fully saturated rings. The molecular weight excluding hydrogens is 198 g/mol. The molecule has 0 N–H and O–H groups in total. The Bertz CT molecular complexity index is 255. The molecule has 2 heterocycles. The van der Waals surface area contributed by atoms with Gasteiger partial charge in [0.25, 0.3) is 0 Å². The summed E-state index contributed by atoms with van der Waals surface area (Å²) in [5, 5.41) is 0. The van der Waals surface area contributed by atoms with Gasteiger partial charge >= 0.3 is 0 Å². The standard InChI is InChI=1S/C9H20N.C4H6N2/c1-3-7-10(2)8-5-4-6-9-10;1-6-3-2-5-4-6/h3-9H2,1-2H3;2-4H,1H3/q+1;. The first-order chi connectivity index (χ1) is 7.66. The molecule has 1 aromatic rings. The van der Waals surface area contributed by atoms with E-state index in [0.717, 1.165) is 0 Å². The number of aromatic nitrogens is 2. The summed E-state index contributed by atoms with van der Waals surface area (Å²) < 4.78 is 3.23. The van der Waals surface area contributed by atoms with Crippen LogP contribution >= 0.6 is 0 Å². The second-order valence-electron chi connectivity index (χ2n) is 5.08. The van der Waals surface area contributed by atoms with Gasteiger partial charge in [-0.25, -0.2) is 4.98 Å². The maximum Gasteiger partial charge on any atom is 0.0943 e. The van der Waals surface area contributed by atoms with Crippen molar-refractivity contribution in [2.24, 2.45) is 7.05 Å². The van der Waals surface area contributed by atoms with E-state index in [1.54, 1.807) is 12.5 Å². The van der Waals surface area contributed by atoms with Gasteiger partial charge in [0.05, 0.1) is 33.0 Å². The summed E-state index contributed by atoms with van der Waals surface area (Å²) in [6.45, 7) is 6.53. The monoisotopic (exact) mass is 224 g/mol. The second kappa shape index (κ2) is 6.69. The van der Waals surface area contributed by atoms with Crippen LogP contribution in [0.1, 0.15) is 32.6 Å². The van der Waals surface area contributed by atoms with Crippen LogP contribution in [0.5, 0.6) is 0 Å². The highest BCUT2D eigenvalue weighted by molar-refractivity contribution is 4.70. The average molecular weight is 224 g/mol. The first-order valence-electron chi connectivity index (χ1n) is 6.42. The van der Waals surface area contributed by atoms with E-state index in [-0.39, 0.29) is 0 Å². The van der Waals surface area contributed by atoms with Crippen LogP contribution in [0.15, 0.2) is 18.7 Å². The van der Waals surface area contributed by atoms with Gasteiger partial charge in [0.15, 0.2) is 0 Å². The molecule has 1 aliphatic rings. The van der Waals surface area contributed by atoms with Gasteiger partial charge in [0.1, 0.15) is 0 Å². The van der Waals surface area contributed by atoms with Gasteiger partial charge in [-0.15, -0.1) is 0 Å². The summed E-state index contributed by atoms with van der Waals surface area (Å²) in [7, 11) is 4.34. The summed E-state index contributed by atoms with van der Waals surface area (Å²) >= 11 is 0. The first kappa shape index (κ1) is 13.2. The summed E-state index contributed by atoms with van der Waals surface area (Å²) in [6.07, 6.45) is 11.1. The van der Waals surface area contributed by atoms with Gasteiger partial charge in [-0.2, -0.15) is 0 Å². The maximum absolute atomic E-state index is 3.78. The van der Waals surface area contributed by atoms with Crippen molar-refractivity contribution in [3.05, 3.63) is 18.7 Å². The number of hydrogen-bond acceptors (Lipinski definition) is 1. The topological polar surface area (TPSA) is 17.8 Å². The highest BCUT2D eigenvalue weighted by atomic mass is 15.3. The fraction of sp³-hybridized carbons (Fsp3) is 0.769. The number of hydrogen-bond donors (Lipinski definition) is 0. The van der Waals surface area contributed by atoms with Crippen LogP contribution in [-0.4, -0.2) is 40.7 Å². The van der Waals surface area contributed by atoms with Crippen molar-refractivity contribution in [2.75, 3.05) is 26.7 Å². The Labute approximate surface area is 99.7 Å². The van der Waals surface area contributed by atoms with Crippen molar-refractivity contribution < 1.29 is 4.48 Å². The number of likely N-dealkylation sites (tertiary alicyclic amines) is 1. The van der Waals surface area contributed by atoms with Crippen molar-refractivity contribution in [1.82, 2.24) is 9.55 Å². The van der Waals surface area contributed by atoms with Crippen LogP contribution in [0, 0.1) is 0 Å². The Hall–Kier alpha value is -0.830. The molecule has 0 radical (unpaired) electrons. The molecule has 3 heteroatoms. The quantitative estimate of drug-likeness (QED) is 0.706. The number of aryl methyl sites for hydroxylation is 1. The fourth-order valence-electron chi connectivity index (χ4n) is 2.36. The Kier molecular flexibility index (Phi) is 5.53. The summed E-state index contributed by atoms with van der Waals surface area (Å²) in [6, 6.07) is 0. The van der Waals surface area contributed by atoms with Crippen LogP contribution in [-0.2, 0) is 7.05 Å². The van der Waals surface area contributed by atoms with E-state index in [4.69, 9.17) is 0 Å². The molecular formula is C13H26N3+. The predicted octanol–water partition coefficient (Wildman–Crippen LogP) is 2.45. The highest BCUT2D eigenvalue weighted by Gasteiger charge is 2.22. The lowest BCUT2D eigenvalue weighted by Crippen LogP contribution is -2.48. The van der Waals surface area contributed by atoms with E-state index in [1.807, 2.05) is 17.8 Å². The number of rotatable bonds is 2. The molecule has 0 bridgehead atoms. The van der Waals surface area contributed by atoms with E-state index in [0.29, 0.717) is 0 Å². The Morgan fingerprint density at radius 1 is 1.25 bits per heavy atom. The molecule has 1 aromatic heterocycles. The zero-order chi connectivity index (χ0) is 11.9. The summed E-state index contributed by atoms with van der Waals surface area (Å²) in [5.74, 6) is 0. The van der Waals surface area contributed by atoms with Crippen molar-refractivity contribution >= 4 is 0 Å². The largest absolute Gasteiger partial charge is 0.341 e. The lowest BCUT2D eigenvalue weighted by molar-refractivity contribution is -0.914. The van der Waals surface area contributed by atoms with Gasteiger partial charge in [0.2, 0.25) is 0 Å². The van der Waals surface area contributed by atoms with E-state index in [1.165, 1.54) is 49.8 Å². The molecule has 1 saturated heterocycles. The second-order valence-corrected chi connectivity index (χ2v) is 5.08. The molecule has 16 heavy (non-hydrogen) atoms. The minimum atomic E-state index is 1.34. The zero-order valence-electron chi connectivity index (χ0n) is 11.0. The Morgan fingerprint density at radius 3 is 2.31 bits per heavy atom. The number of piperidine rings is 1. The molecule has 0 aromatic carbocycles. The maximum atomic E-state index is 3.78. The smallest absolute Gasteiger partial charge is 0.0943 e. The van der Waals surface area contributed by atoms with Gasteiger partial charge in [-0.05, 0) is 25.7 Å². The van der Waals surface area contributed by atoms with Crippen LogP contribution in [0.25, 0.3) is 0 Å². The Balaban J connectivity index is 0.000000181. The van der Waals surface area contributed by atoms with E-state index in [2.05, 4.69) is 19.0 Å². The van der Waals surface area contributed by atoms with E-state index >= 15 is 0 Å². The fourth-order valence-corrected chi connectivity index (χ4v) is 2.36. The third-order valence-electron chi connectivity index (χ3n) is 3.30. The average Bonchev–Trinajstić information content (AvgIpc) is 2.71. The SMILES string of the molecule is CCC[N+]1(C)CCCCC1.Cn1ccnc1. The molecule has 3 nitrogen and oxygen atoms in total. The lowest BCUT2D eigenvalue weighted by Gasteiger charge is -2.37. The van der Waals surface area contributed by atoms with Crippen LogP contribution < -0.4 is 0 Å². The molecule has 92 valence electrons. The van der Waals surface area contributed by atoms with Gasteiger partial charge in [0, 0.05) is 19.4 Å². The van der Waals surface area contributed by atoms with Crippen molar-refractivity contribution in [2.45, 2.75) is 32.6 Å². The molecule has 0 unspecified atom stereocenters. The molecule has 0 amide bonds. The highest BCUT2D eigenvalue weighted by Crippen LogP contribution is 2.15. The van der Waals surface area contributed by atoms with Crippen LogP contribution in [0.2, 0.25) is 0 Å². The minimum absolute atomic E-state index is 1.34. The van der Waals surface area contributed by atoms with Crippen molar-refractivity contribution in [3.8, 4) is 0 Å². The molecule has 0 saturated carbocycles. The number of imidazole rings is 1. The van der Waals surface area contributed by atoms with Crippen LogP contribution in [0.3, 0.4) is 0 Å². The van der Waals surface area contributed by atoms with Gasteiger partial charge < -0.3 is 9.05 Å². The predicted molar refractivity (Wildman–Crippen MR) is 68.1 cm³/mol. The third kappa shape index (κ3) is 4.79. The third-order valence-corrected chi connectivity index (χ3v) is 3.30. The zero-order valence-corrected chi connectivity index (χ0v) is 11.0. The van der Waals surface area contributed by atoms with E-state index < -0.39 is 0 Å². The normalized spacial score (nSPS) is 18.7. The van der Waals surface area contributed by atoms with Crippen LogP contribution in [0.4, 0.5) is 0 Å². The summed E-state index contributed by atoms with van der Waals surface area (Å²) in [5.41, 5.74) is 0. The van der Waals surface area contributed by atoms with Gasteiger partial charge in [-0.3, -0.25) is 0 Å². The number of quaternary nitrogens is 1. The molecule has 0 aliphatic carbocycles.